The van der Waals surface area contributed by atoms with Crippen molar-refractivity contribution in [2.75, 3.05) is 10.2 Å². The Labute approximate surface area is 467 Å². The minimum absolute atomic E-state index is 0. The highest BCUT2D eigenvalue weighted by atomic mass is 15.4. The first-order chi connectivity index (χ1) is 37.1. The number of H-pyrrole nitrogens is 1. The number of anilines is 2. The van der Waals surface area contributed by atoms with Crippen LogP contribution in [0.25, 0.3) is 22.5 Å². The van der Waals surface area contributed by atoms with Gasteiger partial charge in [0.1, 0.15) is 6.04 Å². The Balaban J connectivity index is 0. The van der Waals surface area contributed by atoms with E-state index in [0.717, 1.165) is 17.0 Å². The average Bonchev–Trinajstić information content (AvgIpc) is 1.67. The standard InChI is InChI=1S/C35H37N3.C26H29N.C9H8N2.10H2/c1-25(2)30-21-14-22-31(26(3)4)34(30)36-33(28-17-10-6-11-18-28)35(29-19-12-7-13-20-29)38-24-23-32(37-38)27-15-8-5-9-16-27;1-18(2)22-16-11-17-23(19(3)4)26(22)27-24(20-12-7-5-8-13-20)25(27)21-14-9-6-10-15-21;1-2-4-8(5-3-1)9-6-7-10-11-9;;;;;;;;;;/h5-26,33,35-36H,1-4H3;5-19,24-25H,1-4H3;1-7H,(H,10,11);10*1H/t33-,35+;24-,25-;;;;;;;;;;;/m00.........../s1. The molecule has 2 aromatic heterocycles. The number of rotatable bonds is 15. The molecular weight excluding hydrogens is 925 g/mol. The normalized spacial score (nSPS) is 14.7. The molecule has 10 aromatic rings. The Morgan fingerprint density at radius 2 is 0.855 bits per heavy atom. The van der Waals surface area contributed by atoms with Crippen LogP contribution in [0.1, 0.15) is 162 Å². The van der Waals surface area contributed by atoms with Gasteiger partial charge in [-0.05, 0) is 85.9 Å². The lowest BCUT2D eigenvalue weighted by Gasteiger charge is -2.33. The highest BCUT2D eigenvalue weighted by Crippen LogP contribution is 2.59. The van der Waals surface area contributed by atoms with Crippen molar-refractivity contribution >= 4 is 11.4 Å². The number of aromatic amines is 1. The smallest absolute Gasteiger partial charge is 0.101 e. The molecule has 6 heteroatoms. The van der Waals surface area contributed by atoms with E-state index in [4.69, 9.17) is 5.10 Å². The fourth-order valence-corrected chi connectivity index (χ4v) is 10.6. The fraction of sp³-hybridized carbons (Fsp3) is 0.229. The highest BCUT2D eigenvalue weighted by Gasteiger charge is 2.51. The van der Waals surface area contributed by atoms with Crippen LogP contribution in [0.4, 0.5) is 11.4 Å². The molecule has 0 bridgehead atoms. The third-order valence-corrected chi connectivity index (χ3v) is 14.5. The van der Waals surface area contributed by atoms with Crippen LogP contribution < -0.4 is 10.2 Å². The van der Waals surface area contributed by atoms with E-state index in [1.54, 1.807) is 6.20 Å². The molecule has 404 valence electrons. The second kappa shape index (κ2) is 24.9. The summed E-state index contributed by atoms with van der Waals surface area (Å²) in [6.45, 7) is 18.3. The van der Waals surface area contributed by atoms with E-state index in [2.05, 4.69) is 275 Å². The Morgan fingerprint density at radius 3 is 1.30 bits per heavy atom. The molecule has 0 aliphatic carbocycles. The van der Waals surface area contributed by atoms with Crippen molar-refractivity contribution in [3.8, 4) is 22.5 Å². The first-order valence-electron chi connectivity index (χ1n) is 27.2. The van der Waals surface area contributed by atoms with Crippen LogP contribution in [-0.4, -0.2) is 20.0 Å². The lowest BCUT2D eigenvalue weighted by Crippen LogP contribution is -2.27. The molecule has 2 N–H and O–H groups in total. The molecule has 1 aliphatic rings. The summed E-state index contributed by atoms with van der Waals surface area (Å²) in [7, 11) is 0. The van der Waals surface area contributed by atoms with Crippen molar-refractivity contribution < 1.29 is 14.3 Å². The van der Waals surface area contributed by atoms with Gasteiger partial charge in [0.25, 0.3) is 0 Å². The van der Waals surface area contributed by atoms with E-state index >= 15 is 0 Å². The van der Waals surface area contributed by atoms with Gasteiger partial charge in [-0.3, -0.25) is 9.78 Å². The zero-order valence-electron chi connectivity index (χ0n) is 45.5. The number of benzene rings is 8. The maximum atomic E-state index is 5.14. The summed E-state index contributed by atoms with van der Waals surface area (Å²) >= 11 is 0. The fourth-order valence-electron chi connectivity index (χ4n) is 10.6. The Morgan fingerprint density at radius 1 is 0.434 bits per heavy atom. The summed E-state index contributed by atoms with van der Waals surface area (Å²) in [5.74, 6) is 1.81. The average molecular weight is 1020 g/mol. The third-order valence-electron chi connectivity index (χ3n) is 14.5. The van der Waals surface area contributed by atoms with Crippen LogP contribution in [0.15, 0.2) is 243 Å². The van der Waals surface area contributed by atoms with Gasteiger partial charge in [-0.25, -0.2) is 0 Å². The summed E-state index contributed by atoms with van der Waals surface area (Å²) < 4.78 is 2.13. The summed E-state index contributed by atoms with van der Waals surface area (Å²) in [6, 6.07) is 82.3. The summed E-state index contributed by atoms with van der Waals surface area (Å²) in [6.07, 6.45) is 3.87. The van der Waals surface area contributed by atoms with Crippen LogP contribution in [0, 0.1) is 0 Å². The number of para-hydroxylation sites is 2. The molecule has 0 unspecified atom stereocenters. The number of hydrogen-bond donors (Lipinski definition) is 2. The van der Waals surface area contributed by atoms with Gasteiger partial charge >= 0.3 is 0 Å². The first-order valence-corrected chi connectivity index (χ1v) is 27.2. The largest absolute Gasteiger partial charge is 0.375 e. The Kier molecular flexibility index (Phi) is 17.2. The minimum atomic E-state index is -0.0590. The van der Waals surface area contributed by atoms with Crippen LogP contribution in [0.5, 0.6) is 0 Å². The molecule has 0 saturated carbocycles. The van der Waals surface area contributed by atoms with E-state index < -0.39 is 0 Å². The minimum Gasteiger partial charge on any atom is -0.375 e. The van der Waals surface area contributed by atoms with Crippen molar-refractivity contribution in [2.24, 2.45) is 0 Å². The van der Waals surface area contributed by atoms with Crippen LogP contribution >= 0.6 is 0 Å². The second-order valence-electron chi connectivity index (χ2n) is 21.1. The summed E-state index contributed by atoms with van der Waals surface area (Å²) in [5, 5.41) is 16.0. The zero-order chi connectivity index (χ0) is 53.0. The van der Waals surface area contributed by atoms with Crippen molar-refractivity contribution in [3.05, 3.63) is 287 Å². The molecule has 4 atom stereocenters. The van der Waals surface area contributed by atoms with Crippen LogP contribution in [0.3, 0.4) is 0 Å². The lowest BCUT2D eigenvalue weighted by molar-refractivity contribution is 0.463. The van der Waals surface area contributed by atoms with E-state index in [1.165, 1.54) is 61.4 Å². The van der Waals surface area contributed by atoms with E-state index in [0.29, 0.717) is 35.8 Å². The monoisotopic (exact) mass is 1020 g/mol. The number of nitrogens with zero attached hydrogens (tertiary/aromatic N) is 4. The molecule has 1 aliphatic heterocycles. The molecule has 6 nitrogen and oxygen atoms in total. The van der Waals surface area contributed by atoms with E-state index in [1.807, 2.05) is 42.5 Å². The predicted octanol–water partition coefficient (Wildman–Crippen LogP) is 21.0. The van der Waals surface area contributed by atoms with Gasteiger partial charge < -0.3 is 10.2 Å². The predicted molar refractivity (Wildman–Crippen MR) is 340 cm³/mol. The molecular formula is C70H94N6. The summed E-state index contributed by atoms with van der Waals surface area (Å²) in [5.41, 5.74) is 17.9. The van der Waals surface area contributed by atoms with Crippen LogP contribution in [0.2, 0.25) is 0 Å². The van der Waals surface area contributed by atoms with Gasteiger partial charge in [0.15, 0.2) is 0 Å². The summed E-state index contributed by atoms with van der Waals surface area (Å²) in [4.78, 5) is 2.65. The van der Waals surface area contributed by atoms with Gasteiger partial charge in [-0.15, -0.1) is 0 Å². The van der Waals surface area contributed by atoms with Gasteiger partial charge in [0.05, 0.1) is 29.5 Å². The molecule has 0 amide bonds. The number of aromatic nitrogens is 4. The molecule has 76 heavy (non-hydrogen) atoms. The topological polar surface area (TPSA) is 61.5 Å². The van der Waals surface area contributed by atoms with E-state index in [-0.39, 0.29) is 26.4 Å². The van der Waals surface area contributed by atoms with Gasteiger partial charge in [-0.2, -0.15) is 10.2 Å². The molecule has 0 radical (unpaired) electrons. The van der Waals surface area contributed by atoms with Gasteiger partial charge in [0.2, 0.25) is 0 Å². The quantitative estimate of drug-likeness (QED) is 0.100. The first kappa shape index (κ1) is 52.6. The molecule has 8 aromatic carbocycles. The van der Waals surface area contributed by atoms with Gasteiger partial charge in [0, 0.05) is 43.6 Å². The second-order valence-corrected chi connectivity index (χ2v) is 21.1. The lowest BCUT2D eigenvalue weighted by atomic mass is 9.89. The van der Waals surface area contributed by atoms with Crippen molar-refractivity contribution in [1.82, 2.24) is 20.0 Å². The maximum absolute atomic E-state index is 5.14. The molecule has 3 heterocycles. The maximum Gasteiger partial charge on any atom is 0.101 e. The van der Waals surface area contributed by atoms with E-state index in [9.17, 15) is 0 Å². The Hall–Kier alpha value is -8.22. The van der Waals surface area contributed by atoms with Crippen molar-refractivity contribution in [3.63, 3.8) is 0 Å². The molecule has 1 saturated heterocycles. The SMILES string of the molecule is CC(C)c1cccc(C(C)C)c1N1[C@@H](c2ccccc2)[C@@H]1c1ccccc1.CC(C)c1cccc(C(C)C)c1N[C@@H](c1ccccc1)[C@@H](c1ccccc1)n1ccc(-c2ccccc2)n1.[HH].[HH].[HH].[HH].[HH].[HH].[HH].[HH].[HH].[HH].c1ccc(-c2ccn[nH]2)cc1. The molecule has 0 spiro atoms. The molecule has 11 rings (SSSR count). The zero-order valence-corrected chi connectivity index (χ0v) is 45.5. The molecule has 1 fully saturated rings. The Bertz CT molecular complexity index is 3240. The highest BCUT2D eigenvalue weighted by molar-refractivity contribution is 5.71. The third kappa shape index (κ3) is 12.3. The van der Waals surface area contributed by atoms with Crippen molar-refractivity contribution in [1.29, 1.82) is 0 Å². The number of nitrogens with one attached hydrogen (secondary N) is 2. The van der Waals surface area contributed by atoms with Crippen LogP contribution in [-0.2, 0) is 0 Å². The number of hydrogen-bond acceptors (Lipinski definition) is 4. The van der Waals surface area contributed by atoms with Gasteiger partial charge in [-0.1, -0.05) is 274 Å². The van der Waals surface area contributed by atoms with Crippen molar-refractivity contribution in [2.45, 2.75) is 103 Å².